The van der Waals surface area contributed by atoms with Crippen molar-refractivity contribution >= 4 is 0 Å². The molecule has 1 aliphatic carbocycles. The molecule has 1 saturated carbocycles. The van der Waals surface area contributed by atoms with E-state index in [0.29, 0.717) is 0 Å². The number of hydrogen-bond acceptors (Lipinski definition) is 2. The van der Waals surface area contributed by atoms with Gasteiger partial charge in [0, 0.05) is 5.54 Å². The van der Waals surface area contributed by atoms with Crippen molar-refractivity contribution in [2.24, 2.45) is 11.5 Å². The van der Waals surface area contributed by atoms with E-state index >= 15 is 0 Å². The monoisotopic (exact) mass is 142 g/mol. The van der Waals surface area contributed by atoms with E-state index in [1.54, 1.807) is 0 Å². The Bertz CT molecular complexity index is 89.9. The van der Waals surface area contributed by atoms with E-state index in [0.717, 1.165) is 13.0 Å². The van der Waals surface area contributed by atoms with E-state index in [1.807, 2.05) is 0 Å². The highest BCUT2D eigenvalue weighted by atomic mass is 14.8. The molecule has 0 atom stereocenters. The van der Waals surface area contributed by atoms with Crippen molar-refractivity contribution in [1.82, 2.24) is 0 Å². The molecule has 0 aliphatic heterocycles. The van der Waals surface area contributed by atoms with Crippen LogP contribution >= 0.6 is 0 Å². The highest BCUT2D eigenvalue weighted by Gasteiger charge is 2.25. The van der Waals surface area contributed by atoms with Crippen molar-refractivity contribution in [3.63, 3.8) is 0 Å². The van der Waals surface area contributed by atoms with Gasteiger partial charge in [0.15, 0.2) is 0 Å². The second kappa shape index (κ2) is 3.35. The third-order valence-corrected chi connectivity index (χ3v) is 2.49. The summed E-state index contributed by atoms with van der Waals surface area (Å²) in [4.78, 5) is 0. The molecule has 2 nitrogen and oxygen atoms in total. The quantitative estimate of drug-likeness (QED) is 0.604. The van der Waals surface area contributed by atoms with Crippen molar-refractivity contribution in [3.8, 4) is 0 Å². The van der Waals surface area contributed by atoms with Crippen molar-refractivity contribution in [2.45, 2.75) is 44.1 Å². The van der Waals surface area contributed by atoms with Crippen LogP contribution in [0.2, 0.25) is 0 Å². The van der Waals surface area contributed by atoms with Gasteiger partial charge in [-0.05, 0) is 25.8 Å². The van der Waals surface area contributed by atoms with Crippen LogP contribution in [0.3, 0.4) is 0 Å². The molecule has 1 aliphatic rings. The lowest BCUT2D eigenvalue weighted by atomic mass is 9.80. The molecule has 0 aromatic heterocycles. The predicted molar refractivity (Wildman–Crippen MR) is 43.7 cm³/mol. The molecule has 0 aromatic carbocycles. The van der Waals surface area contributed by atoms with Gasteiger partial charge in [-0.1, -0.05) is 19.3 Å². The SMILES string of the molecule is NCCC1(N)CCCCC1. The Hall–Kier alpha value is -0.0800. The first-order valence-electron chi connectivity index (χ1n) is 4.26. The highest BCUT2D eigenvalue weighted by Crippen LogP contribution is 2.27. The molecular formula is C8H18N2. The summed E-state index contributed by atoms with van der Waals surface area (Å²) in [6.07, 6.45) is 7.35. The Kier molecular flexibility index (Phi) is 2.69. The number of rotatable bonds is 2. The van der Waals surface area contributed by atoms with Crippen LogP contribution in [0.25, 0.3) is 0 Å². The van der Waals surface area contributed by atoms with Crippen molar-refractivity contribution in [3.05, 3.63) is 0 Å². The van der Waals surface area contributed by atoms with E-state index in [4.69, 9.17) is 11.5 Å². The maximum Gasteiger partial charge on any atom is 0.0166 e. The second-order valence-corrected chi connectivity index (χ2v) is 3.46. The summed E-state index contributed by atoms with van der Waals surface area (Å²) < 4.78 is 0. The first kappa shape index (κ1) is 8.02. The van der Waals surface area contributed by atoms with Gasteiger partial charge in [-0.3, -0.25) is 0 Å². The zero-order valence-electron chi connectivity index (χ0n) is 6.60. The Morgan fingerprint density at radius 2 is 1.70 bits per heavy atom. The summed E-state index contributed by atoms with van der Waals surface area (Å²) in [7, 11) is 0. The number of hydrogen-bond donors (Lipinski definition) is 2. The van der Waals surface area contributed by atoms with Crippen LogP contribution in [0.4, 0.5) is 0 Å². The lowest BCUT2D eigenvalue weighted by Crippen LogP contribution is -2.43. The van der Waals surface area contributed by atoms with Gasteiger partial charge in [-0.2, -0.15) is 0 Å². The van der Waals surface area contributed by atoms with Crippen LogP contribution in [-0.2, 0) is 0 Å². The molecule has 1 fully saturated rings. The molecule has 2 heteroatoms. The van der Waals surface area contributed by atoms with Gasteiger partial charge in [0.2, 0.25) is 0 Å². The van der Waals surface area contributed by atoms with E-state index in [9.17, 15) is 0 Å². The summed E-state index contributed by atoms with van der Waals surface area (Å²) in [5, 5.41) is 0. The minimum Gasteiger partial charge on any atom is -0.330 e. The molecule has 0 aromatic rings. The maximum absolute atomic E-state index is 6.09. The summed E-state index contributed by atoms with van der Waals surface area (Å²) in [6, 6.07) is 0. The van der Waals surface area contributed by atoms with Crippen LogP contribution in [0.1, 0.15) is 38.5 Å². The van der Waals surface area contributed by atoms with Gasteiger partial charge in [-0.15, -0.1) is 0 Å². The average Bonchev–Trinajstić information content (AvgIpc) is 1.89. The highest BCUT2D eigenvalue weighted by molar-refractivity contribution is 4.86. The fraction of sp³-hybridized carbons (Fsp3) is 1.00. The Morgan fingerprint density at radius 1 is 1.10 bits per heavy atom. The Morgan fingerprint density at radius 3 is 2.20 bits per heavy atom. The molecule has 0 saturated heterocycles. The van der Waals surface area contributed by atoms with E-state index in [2.05, 4.69) is 0 Å². The predicted octanol–water partition coefficient (Wildman–Crippen LogP) is 0.997. The van der Waals surface area contributed by atoms with Crippen LogP contribution < -0.4 is 11.5 Å². The summed E-state index contributed by atoms with van der Waals surface area (Å²) in [5.41, 5.74) is 11.7. The third-order valence-electron chi connectivity index (χ3n) is 2.49. The molecule has 10 heavy (non-hydrogen) atoms. The zero-order valence-corrected chi connectivity index (χ0v) is 6.60. The first-order valence-corrected chi connectivity index (χ1v) is 4.26. The fourth-order valence-electron chi connectivity index (χ4n) is 1.79. The Labute approximate surface area is 63.0 Å². The van der Waals surface area contributed by atoms with Gasteiger partial charge >= 0.3 is 0 Å². The fourth-order valence-corrected chi connectivity index (χ4v) is 1.79. The molecule has 1 rings (SSSR count). The summed E-state index contributed by atoms with van der Waals surface area (Å²) in [6.45, 7) is 0.747. The van der Waals surface area contributed by atoms with Crippen LogP contribution in [0.15, 0.2) is 0 Å². The van der Waals surface area contributed by atoms with Crippen molar-refractivity contribution in [1.29, 1.82) is 0 Å². The van der Waals surface area contributed by atoms with E-state index in [-0.39, 0.29) is 5.54 Å². The van der Waals surface area contributed by atoms with Crippen LogP contribution in [0, 0.1) is 0 Å². The van der Waals surface area contributed by atoms with E-state index in [1.165, 1.54) is 32.1 Å². The standard InChI is InChI=1S/C8H18N2/c9-7-6-8(10)4-2-1-3-5-8/h1-7,9-10H2. The van der Waals surface area contributed by atoms with Gasteiger partial charge in [-0.25, -0.2) is 0 Å². The molecule has 4 N–H and O–H groups in total. The molecule has 0 unspecified atom stereocenters. The normalized spacial score (nSPS) is 24.6. The smallest absolute Gasteiger partial charge is 0.0166 e. The van der Waals surface area contributed by atoms with Crippen molar-refractivity contribution in [2.75, 3.05) is 6.54 Å². The lowest BCUT2D eigenvalue weighted by Gasteiger charge is -2.32. The van der Waals surface area contributed by atoms with Gasteiger partial charge in [0.25, 0.3) is 0 Å². The van der Waals surface area contributed by atoms with Crippen LogP contribution in [-0.4, -0.2) is 12.1 Å². The molecule has 0 amide bonds. The largest absolute Gasteiger partial charge is 0.330 e. The minimum atomic E-state index is 0.104. The Balaban J connectivity index is 2.32. The van der Waals surface area contributed by atoms with Crippen LogP contribution in [0.5, 0.6) is 0 Å². The second-order valence-electron chi connectivity index (χ2n) is 3.46. The average molecular weight is 142 g/mol. The first-order chi connectivity index (χ1) is 4.77. The summed E-state index contributed by atoms with van der Waals surface area (Å²) >= 11 is 0. The molecular weight excluding hydrogens is 124 g/mol. The summed E-state index contributed by atoms with van der Waals surface area (Å²) in [5.74, 6) is 0. The van der Waals surface area contributed by atoms with Gasteiger partial charge < -0.3 is 11.5 Å². The van der Waals surface area contributed by atoms with Gasteiger partial charge in [0.05, 0.1) is 0 Å². The minimum absolute atomic E-state index is 0.104. The third kappa shape index (κ3) is 1.96. The van der Waals surface area contributed by atoms with Gasteiger partial charge in [0.1, 0.15) is 0 Å². The molecule has 0 heterocycles. The van der Waals surface area contributed by atoms with E-state index < -0.39 is 0 Å². The number of nitrogens with two attached hydrogens (primary N) is 2. The topological polar surface area (TPSA) is 52.0 Å². The molecule has 0 bridgehead atoms. The molecule has 60 valence electrons. The zero-order chi connectivity index (χ0) is 7.45. The van der Waals surface area contributed by atoms with Crippen molar-refractivity contribution < 1.29 is 0 Å². The maximum atomic E-state index is 6.09. The molecule has 0 spiro atoms. The lowest BCUT2D eigenvalue weighted by molar-refractivity contribution is 0.282. The molecule has 0 radical (unpaired) electrons.